The molecule has 1 unspecified atom stereocenters. The van der Waals surface area contributed by atoms with Crippen molar-refractivity contribution in [2.45, 2.75) is 25.8 Å². The molecule has 82 valence electrons. The van der Waals surface area contributed by atoms with E-state index in [9.17, 15) is 0 Å². The van der Waals surface area contributed by atoms with Crippen molar-refractivity contribution >= 4 is 16.3 Å². The summed E-state index contributed by atoms with van der Waals surface area (Å²) in [7, 11) is 0. The Kier molecular flexibility index (Phi) is 2.94. The van der Waals surface area contributed by atoms with Crippen LogP contribution in [0.25, 0.3) is 4.96 Å². The molecule has 0 fully saturated rings. The summed E-state index contributed by atoms with van der Waals surface area (Å²) in [5, 5.41) is 21.9. The van der Waals surface area contributed by atoms with E-state index in [0.717, 1.165) is 22.2 Å². The lowest BCUT2D eigenvalue weighted by molar-refractivity contribution is 0.276. The SMILES string of the molecule is CCc1nnc2sc(C(N)CCO)nn12. The third-order valence-corrected chi connectivity index (χ3v) is 3.18. The number of hydrogen-bond donors (Lipinski definition) is 2. The topological polar surface area (TPSA) is 89.3 Å². The number of aliphatic hydroxyl groups excluding tert-OH is 1. The van der Waals surface area contributed by atoms with Crippen molar-refractivity contribution in [1.29, 1.82) is 0 Å². The van der Waals surface area contributed by atoms with E-state index < -0.39 is 0 Å². The molecule has 2 heterocycles. The fourth-order valence-corrected chi connectivity index (χ4v) is 2.20. The van der Waals surface area contributed by atoms with Gasteiger partial charge in [-0.25, -0.2) is 0 Å². The van der Waals surface area contributed by atoms with Gasteiger partial charge in [0.05, 0.1) is 6.04 Å². The molecule has 0 bridgehead atoms. The average molecular weight is 227 g/mol. The molecule has 2 aromatic rings. The van der Waals surface area contributed by atoms with Crippen molar-refractivity contribution in [3.8, 4) is 0 Å². The number of nitrogens with zero attached hydrogens (tertiary/aromatic N) is 4. The number of hydrogen-bond acceptors (Lipinski definition) is 6. The van der Waals surface area contributed by atoms with E-state index in [2.05, 4.69) is 15.3 Å². The minimum absolute atomic E-state index is 0.0714. The zero-order valence-corrected chi connectivity index (χ0v) is 9.24. The lowest BCUT2D eigenvalue weighted by Gasteiger charge is -2.03. The first-order valence-corrected chi connectivity index (χ1v) is 5.65. The van der Waals surface area contributed by atoms with Crippen molar-refractivity contribution < 1.29 is 5.11 Å². The van der Waals surface area contributed by atoms with Crippen molar-refractivity contribution in [2.24, 2.45) is 5.73 Å². The van der Waals surface area contributed by atoms with Gasteiger partial charge in [-0.15, -0.1) is 10.2 Å². The van der Waals surface area contributed by atoms with Crippen molar-refractivity contribution in [3.05, 3.63) is 10.8 Å². The average Bonchev–Trinajstić information content (AvgIpc) is 2.76. The Morgan fingerprint density at radius 1 is 1.53 bits per heavy atom. The second-order valence-corrected chi connectivity index (χ2v) is 4.21. The lowest BCUT2D eigenvalue weighted by Crippen LogP contribution is -2.12. The Balaban J connectivity index is 2.34. The van der Waals surface area contributed by atoms with Crippen LogP contribution in [0.1, 0.15) is 30.2 Å². The number of nitrogens with two attached hydrogens (primary N) is 1. The van der Waals surface area contributed by atoms with E-state index in [4.69, 9.17) is 10.8 Å². The van der Waals surface area contributed by atoms with E-state index >= 15 is 0 Å². The van der Waals surface area contributed by atoms with E-state index in [1.807, 2.05) is 6.92 Å². The van der Waals surface area contributed by atoms with Gasteiger partial charge in [-0.1, -0.05) is 18.3 Å². The van der Waals surface area contributed by atoms with Crippen LogP contribution in [0, 0.1) is 0 Å². The van der Waals surface area contributed by atoms with Crippen molar-refractivity contribution in [2.75, 3.05) is 6.61 Å². The molecule has 3 N–H and O–H groups in total. The number of aliphatic hydroxyl groups is 1. The highest BCUT2D eigenvalue weighted by Crippen LogP contribution is 2.20. The summed E-state index contributed by atoms with van der Waals surface area (Å²) >= 11 is 1.42. The van der Waals surface area contributed by atoms with Crippen LogP contribution in [0.5, 0.6) is 0 Å². The van der Waals surface area contributed by atoms with Crippen molar-refractivity contribution in [3.63, 3.8) is 0 Å². The Bertz CT molecular complexity index is 451. The van der Waals surface area contributed by atoms with Gasteiger partial charge >= 0.3 is 0 Å². The quantitative estimate of drug-likeness (QED) is 0.775. The first-order valence-electron chi connectivity index (χ1n) is 4.83. The molecule has 2 rings (SSSR count). The summed E-state index contributed by atoms with van der Waals surface area (Å²) in [6, 6.07) is -0.216. The lowest BCUT2D eigenvalue weighted by atomic mass is 10.2. The molecule has 0 amide bonds. The highest BCUT2D eigenvalue weighted by atomic mass is 32.1. The minimum Gasteiger partial charge on any atom is -0.396 e. The summed E-state index contributed by atoms with van der Waals surface area (Å²) < 4.78 is 1.72. The molecule has 2 aromatic heterocycles. The van der Waals surface area contributed by atoms with Crippen LogP contribution in [0.15, 0.2) is 0 Å². The van der Waals surface area contributed by atoms with Crippen LogP contribution in [-0.2, 0) is 6.42 Å². The predicted octanol–water partition coefficient (Wildman–Crippen LogP) is 0.130. The molecule has 1 atom stereocenters. The van der Waals surface area contributed by atoms with Gasteiger partial charge in [0.2, 0.25) is 4.96 Å². The van der Waals surface area contributed by atoms with Crippen LogP contribution in [-0.4, -0.2) is 31.5 Å². The zero-order valence-electron chi connectivity index (χ0n) is 8.42. The Labute approximate surface area is 90.7 Å². The highest BCUT2D eigenvalue weighted by Gasteiger charge is 2.14. The van der Waals surface area contributed by atoms with E-state index in [-0.39, 0.29) is 12.6 Å². The Morgan fingerprint density at radius 2 is 2.33 bits per heavy atom. The molecule has 0 radical (unpaired) electrons. The first kappa shape index (κ1) is 10.5. The second kappa shape index (κ2) is 4.21. The maximum absolute atomic E-state index is 8.79. The van der Waals surface area contributed by atoms with Gasteiger partial charge in [0.25, 0.3) is 0 Å². The standard InChI is InChI=1S/C8H13N5OS/c1-2-6-10-11-8-13(6)12-7(15-8)5(9)3-4-14/h5,14H,2-4,9H2,1H3. The molecule has 7 heteroatoms. The van der Waals surface area contributed by atoms with Gasteiger partial charge in [0.1, 0.15) is 5.01 Å². The molecule has 6 nitrogen and oxygen atoms in total. The normalized spacial score (nSPS) is 13.5. The van der Waals surface area contributed by atoms with Gasteiger partial charge in [0, 0.05) is 13.0 Å². The second-order valence-electron chi connectivity index (χ2n) is 3.22. The highest BCUT2D eigenvalue weighted by molar-refractivity contribution is 7.16. The smallest absolute Gasteiger partial charge is 0.234 e. The van der Waals surface area contributed by atoms with Gasteiger partial charge in [0.15, 0.2) is 5.82 Å². The summed E-state index contributed by atoms with van der Waals surface area (Å²) in [4.78, 5) is 0.759. The van der Waals surface area contributed by atoms with Crippen LogP contribution in [0.2, 0.25) is 0 Å². The van der Waals surface area contributed by atoms with Crippen LogP contribution >= 0.6 is 11.3 Å². The van der Waals surface area contributed by atoms with Gasteiger partial charge in [-0.2, -0.15) is 9.61 Å². The van der Waals surface area contributed by atoms with Crippen molar-refractivity contribution in [1.82, 2.24) is 19.8 Å². The number of aryl methyl sites for hydroxylation is 1. The van der Waals surface area contributed by atoms with Crippen LogP contribution < -0.4 is 5.73 Å². The third-order valence-electron chi connectivity index (χ3n) is 2.14. The zero-order chi connectivity index (χ0) is 10.8. The maximum atomic E-state index is 8.79. The monoisotopic (exact) mass is 227 g/mol. The minimum atomic E-state index is -0.216. The molecule has 0 aliphatic rings. The summed E-state index contributed by atoms with van der Waals surface area (Å²) in [6.45, 7) is 2.07. The molecule has 0 spiro atoms. The summed E-state index contributed by atoms with van der Waals surface area (Å²) in [5.41, 5.74) is 5.85. The largest absolute Gasteiger partial charge is 0.396 e. The molecule has 0 saturated carbocycles. The fourth-order valence-electron chi connectivity index (χ4n) is 1.31. The van der Waals surface area contributed by atoms with E-state index in [1.165, 1.54) is 11.3 Å². The molecule has 0 aliphatic heterocycles. The Hall–Kier alpha value is -1.05. The van der Waals surface area contributed by atoms with Gasteiger partial charge < -0.3 is 10.8 Å². The number of fused-ring (bicyclic) bond motifs is 1. The van der Waals surface area contributed by atoms with Crippen LogP contribution in [0.4, 0.5) is 0 Å². The van der Waals surface area contributed by atoms with E-state index in [0.29, 0.717) is 6.42 Å². The molecule has 15 heavy (non-hydrogen) atoms. The first-order chi connectivity index (χ1) is 7.26. The summed E-state index contributed by atoms with van der Waals surface area (Å²) in [5.74, 6) is 0.837. The molecule has 0 saturated heterocycles. The molecule has 0 aliphatic carbocycles. The predicted molar refractivity (Wildman–Crippen MR) is 56.7 cm³/mol. The molecule has 0 aromatic carbocycles. The van der Waals surface area contributed by atoms with E-state index in [1.54, 1.807) is 4.52 Å². The summed E-state index contributed by atoms with van der Waals surface area (Å²) in [6.07, 6.45) is 1.31. The van der Waals surface area contributed by atoms with Crippen LogP contribution in [0.3, 0.4) is 0 Å². The molecular formula is C8H13N5OS. The van der Waals surface area contributed by atoms with Gasteiger partial charge in [-0.05, 0) is 6.42 Å². The fraction of sp³-hybridized carbons (Fsp3) is 0.625. The number of aromatic nitrogens is 4. The number of rotatable bonds is 4. The third kappa shape index (κ3) is 1.85. The molecular weight excluding hydrogens is 214 g/mol. The van der Waals surface area contributed by atoms with Gasteiger partial charge in [-0.3, -0.25) is 0 Å². The maximum Gasteiger partial charge on any atom is 0.234 e. The Morgan fingerprint density at radius 3 is 3.00 bits per heavy atom.